The highest BCUT2D eigenvalue weighted by Crippen LogP contribution is 2.17. The van der Waals surface area contributed by atoms with E-state index < -0.39 is 0 Å². The third kappa shape index (κ3) is 7.21. The summed E-state index contributed by atoms with van der Waals surface area (Å²) in [5.74, 6) is 1.36. The van der Waals surface area contributed by atoms with E-state index in [-0.39, 0.29) is 6.03 Å². The Morgan fingerprint density at radius 1 is 1.21 bits per heavy atom. The molecular weight excluding hydrogens is 302 g/mol. The molecule has 0 fully saturated rings. The Labute approximate surface area is 146 Å². The highest BCUT2D eigenvalue weighted by atomic mass is 16.5. The zero-order valence-corrected chi connectivity index (χ0v) is 15.8. The summed E-state index contributed by atoms with van der Waals surface area (Å²) in [7, 11) is 0. The van der Waals surface area contributed by atoms with E-state index in [4.69, 9.17) is 4.74 Å². The fourth-order valence-corrected chi connectivity index (χ4v) is 2.86. The molecule has 1 aromatic rings. The number of carbonyl (C=O) groups excluding carboxylic acids is 1. The Hall–Kier alpha value is -1.75. The first kappa shape index (κ1) is 20.3. The van der Waals surface area contributed by atoms with E-state index in [2.05, 4.69) is 43.2 Å². The van der Waals surface area contributed by atoms with E-state index in [0.29, 0.717) is 25.1 Å². The molecule has 0 spiro atoms. The van der Waals surface area contributed by atoms with Crippen LogP contribution in [0.15, 0.2) is 24.3 Å². The number of ether oxygens (including phenoxy) is 1. The molecule has 0 aromatic heterocycles. The van der Waals surface area contributed by atoms with Crippen molar-refractivity contribution in [3.63, 3.8) is 0 Å². The van der Waals surface area contributed by atoms with Crippen molar-refractivity contribution in [1.82, 2.24) is 10.2 Å². The van der Waals surface area contributed by atoms with Crippen LogP contribution in [0.3, 0.4) is 0 Å². The number of urea groups is 1. The molecule has 24 heavy (non-hydrogen) atoms. The molecule has 1 rings (SSSR count). The first-order valence-corrected chi connectivity index (χ1v) is 9.01. The van der Waals surface area contributed by atoms with Crippen molar-refractivity contribution >= 4 is 11.7 Å². The largest absolute Gasteiger partial charge is 0.494 e. The first-order valence-electron chi connectivity index (χ1n) is 9.01. The van der Waals surface area contributed by atoms with E-state index in [1.807, 2.05) is 31.2 Å². The minimum Gasteiger partial charge on any atom is -0.494 e. The lowest BCUT2D eigenvalue weighted by molar-refractivity contribution is 0.186. The van der Waals surface area contributed by atoms with E-state index in [1.165, 1.54) is 0 Å². The quantitative estimate of drug-likeness (QED) is 0.680. The number of amides is 2. The second-order valence-electron chi connectivity index (χ2n) is 6.30. The number of rotatable bonds is 10. The normalized spacial score (nSPS) is 12.3. The summed E-state index contributed by atoms with van der Waals surface area (Å²) in [5.41, 5.74) is 0.738. The van der Waals surface area contributed by atoms with Gasteiger partial charge >= 0.3 is 6.03 Å². The smallest absolute Gasteiger partial charge is 0.319 e. The molecule has 136 valence electrons. The molecule has 1 unspecified atom stereocenters. The third-order valence-electron chi connectivity index (χ3n) is 3.97. The van der Waals surface area contributed by atoms with Crippen LogP contribution in [0, 0.1) is 5.92 Å². The number of hydrogen-bond donors (Lipinski definition) is 2. The van der Waals surface area contributed by atoms with Crippen LogP contribution in [0.5, 0.6) is 5.75 Å². The zero-order chi connectivity index (χ0) is 17.9. The maximum atomic E-state index is 12.2. The van der Waals surface area contributed by atoms with Gasteiger partial charge in [-0.25, -0.2) is 4.79 Å². The number of anilines is 1. The van der Waals surface area contributed by atoms with Crippen LogP contribution in [0.25, 0.3) is 0 Å². The minimum absolute atomic E-state index is 0.176. The Morgan fingerprint density at radius 2 is 1.92 bits per heavy atom. The second-order valence-corrected chi connectivity index (χ2v) is 6.30. The molecule has 1 atom stereocenters. The average Bonchev–Trinajstić information content (AvgIpc) is 2.54. The van der Waals surface area contributed by atoms with Gasteiger partial charge in [0, 0.05) is 24.3 Å². The molecular formula is C19H33N3O2. The van der Waals surface area contributed by atoms with Crippen LogP contribution < -0.4 is 15.4 Å². The molecule has 5 heteroatoms. The monoisotopic (exact) mass is 335 g/mol. The second kappa shape index (κ2) is 10.9. The molecule has 0 saturated carbocycles. The number of nitrogens with one attached hydrogen (secondary N) is 2. The van der Waals surface area contributed by atoms with Crippen molar-refractivity contribution in [2.75, 3.05) is 31.6 Å². The lowest BCUT2D eigenvalue weighted by Gasteiger charge is -2.31. The molecule has 0 radical (unpaired) electrons. The van der Waals surface area contributed by atoms with E-state index in [1.54, 1.807) is 0 Å². The van der Waals surface area contributed by atoms with Crippen LogP contribution in [-0.4, -0.2) is 43.2 Å². The highest BCUT2D eigenvalue weighted by Gasteiger charge is 2.18. The van der Waals surface area contributed by atoms with Gasteiger partial charge in [0.15, 0.2) is 0 Å². The van der Waals surface area contributed by atoms with Gasteiger partial charge in [0.05, 0.1) is 6.61 Å². The van der Waals surface area contributed by atoms with Crippen molar-refractivity contribution in [3.05, 3.63) is 24.3 Å². The van der Waals surface area contributed by atoms with Gasteiger partial charge in [-0.05, 0) is 44.5 Å². The van der Waals surface area contributed by atoms with Gasteiger partial charge in [0.1, 0.15) is 5.75 Å². The molecule has 0 aliphatic rings. The molecule has 0 aliphatic carbocycles. The van der Waals surface area contributed by atoms with Crippen molar-refractivity contribution in [1.29, 1.82) is 0 Å². The molecule has 0 bridgehead atoms. The fourth-order valence-electron chi connectivity index (χ4n) is 2.86. The summed E-state index contributed by atoms with van der Waals surface area (Å²) in [6.45, 7) is 13.9. The van der Waals surface area contributed by atoms with Gasteiger partial charge in [-0.15, -0.1) is 0 Å². The number of hydrogen-bond acceptors (Lipinski definition) is 3. The maximum Gasteiger partial charge on any atom is 0.319 e. The summed E-state index contributed by atoms with van der Waals surface area (Å²) in [5, 5.41) is 5.88. The zero-order valence-electron chi connectivity index (χ0n) is 15.8. The van der Waals surface area contributed by atoms with E-state index in [0.717, 1.165) is 30.9 Å². The Morgan fingerprint density at radius 3 is 2.50 bits per heavy atom. The van der Waals surface area contributed by atoms with E-state index >= 15 is 0 Å². The molecule has 0 saturated heterocycles. The van der Waals surface area contributed by atoms with Gasteiger partial charge in [-0.3, -0.25) is 4.90 Å². The van der Waals surface area contributed by atoms with E-state index in [9.17, 15) is 4.79 Å². The van der Waals surface area contributed by atoms with Crippen LogP contribution >= 0.6 is 0 Å². The Kier molecular flexibility index (Phi) is 9.23. The third-order valence-corrected chi connectivity index (χ3v) is 3.97. The summed E-state index contributed by atoms with van der Waals surface area (Å²) in [6.07, 6.45) is 1.07. The first-order chi connectivity index (χ1) is 11.5. The van der Waals surface area contributed by atoms with Gasteiger partial charge in [-0.1, -0.05) is 33.8 Å². The highest BCUT2D eigenvalue weighted by molar-refractivity contribution is 5.89. The summed E-state index contributed by atoms with van der Waals surface area (Å²) >= 11 is 0. The molecule has 2 amide bonds. The van der Waals surface area contributed by atoms with Crippen LogP contribution in [-0.2, 0) is 0 Å². The fraction of sp³-hybridized carbons (Fsp3) is 0.632. The standard InChI is InChI=1S/C19H33N3O2/c1-6-22(7-2)17(12-15(4)5)14-20-19(23)21-16-10-9-11-18(13-16)24-8-3/h9-11,13,15,17H,6-8,12,14H2,1-5H3,(H2,20,21,23). The van der Waals surface area contributed by atoms with Crippen molar-refractivity contribution in [2.24, 2.45) is 5.92 Å². The predicted octanol–water partition coefficient (Wildman–Crippen LogP) is 3.96. The topological polar surface area (TPSA) is 53.6 Å². The van der Waals surface area contributed by atoms with Crippen molar-refractivity contribution in [2.45, 2.75) is 47.1 Å². The van der Waals surface area contributed by atoms with Gasteiger partial charge < -0.3 is 15.4 Å². The molecule has 5 nitrogen and oxygen atoms in total. The van der Waals surface area contributed by atoms with Crippen LogP contribution in [0.2, 0.25) is 0 Å². The molecule has 0 aliphatic heterocycles. The van der Waals surface area contributed by atoms with Gasteiger partial charge in [0.25, 0.3) is 0 Å². The van der Waals surface area contributed by atoms with Crippen LogP contribution in [0.4, 0.5) is 10.5 Å². The number of nitrogens with zero attached hydrogens (tertiary/aromatic N) is 1. The Bertz CT molecular complexity index is 487. The average molecular weight is 335 g/mol. The number of likely N-dealkylation sites (N-methyl/N-ethyl adjacent to an activating group) is 1. The minimum atomic E-state index is -0.176. The SMILES string of the molecule is CCOc1cccc(NC(=O)NCC(CC(C)C)N(CC)CC)c1. The number of benzene rings is 1. The van der Waals surface area contributed by atoms with Crippen molar-refractivity contribution < 1.29 is 9.53 Å². The van der Waals surface area contributed by atoms with Gasteiger partial charge in [-0.2, -0.15) is 0 Å². The van der Waals surface area contributed by atoms with Crippen LogP contribution in [0.1, 0.15) is 41.0 Å². The number of carbonyl (C=O) groups is 1. The molecule has 0 heterocycles. The molecule has 2 N–H and O–H groups in total. The lowest BCUT2D eigenvalue weighted by atomic mass is 10.0. The van der Waals surface area contributed by atoms with Crippen molar-refractivity contribution in [3.8, 4) is 5.75 Å². The summed E-state index contributed by atoms with van der Waals surface area (Å²) in [6, 6.07) is 7.63. The summed E-state index contributed by atoms with van der Waals surface area (Å²) in [4.78, 5) is 14.6. The summed E-state index contributed by atoms with van der Waals surface area (Å²) < 4.78 is 5.45. The predicted molar refractivity (Wildman–Crippen MR) is 101 cm³/mol. The Balaban J connectivity index is 2.57. The van der Waals surface area contributed by atoms with Gasteiger partial charge in [0.2, 0.25) is 0 Å². The maximum absolute atomic E-state index is 12.2. The molecule has 1 aromatic carbocycles. The lowest BCUT2D eigenvalue weighted by Crippen LogP contribution is -2.45.